The number of aromatic nitrogens is 2. The van der Waals surface area contributed by atoms with Gasteiger partial charge in [-0.15, -0.1) is 0 Å². The minimum atomic E-state index is -4.75. The number of carbonyl (C=O) groups is 2. The molecule has 3 N–H and O–H groups in total. The molecule has 42 heavy (non-hydrogen) atoms. The molecule has 0 fully saturated rings. The zero-order valence-electron chi connectivity index (χ0n) is 21.5. The molecule has 0 aliphatic carbocycles. The molecular weight excluding hydrogens is 629 g/mol. The Bertz CT molecular complexity index is 1480. The van der Waals surface area contributed by atoms with Crippen molar-refractivity contribution in [2.45, 2.75) is 32.2 Å². The molecule has 3 rings (SSSR count). The van der Waals surface area contributed by atoms with Gasteiger partial charge in [-0.25, -0.2) is 13.8 Å². The number of alkyl halides is 8. The summed E-state index contributed by atoms with van der Waals surface area (Å²) in [4.78, 5) is 28.6. The largest absolute Gasteiger partial charge is 0.487 e. The molecule has 1 heterocycles. The standard InChI is InChI=1S/C24H21Cl2F8N5O3/c1-10(24(32,33)34)20(40)35-7-11-3-4-13(25)19(18(11)26)38-22-37-14-5-12(21(41)36-9-23(29,30)31)16(42-8-17(27)28)6-15(14)39(22)2/h3-6,10,17H,7-9H2,1-2H3,(H,35,40)(H,36,41)(H,37,38). The number of halogens is 10. The first kappa shape index (κ1) is 33.0. The highest BCUT2D eigenvalue weighted by Gasteiger charge is 2.41. The quantitative estimate of drug-likeness (QED) is 0.222. The number of benzene rings is 2. The molecule has 0 saturated heterocycles. The highest BCUT2D eigenvalue weighted by molar-refractivity contribution is 6.39. The summed E-state index contributed by atoms with van der Waals surface area (Å²) < 4.78 is 108. The molecule has 2 aromatic carbocycles. The summed E-state index contributed by atoms with van der Waals surface area (Å²) in [7, 11) is 1.46. The van der Waals surface area contributed by atoms with Crippen molar-refractivity contribution >= 4 is 57.7 Å². The van der Waals surface area contributed by atoms with Gasteiger partial charge in [0.1, 0.15) is 24.8 Å². The molecule has 1 unspecified atom stereocenters. The van der Waals surface area contributed by atoms with Gasteiger partial charge in [-0.2, -0.15) is 26.3 Å². The van der Waals surface area contributed by atoms with Crippen LogP contribution in [0.25, 0.3) is 11.0 Å². The summed E-state index contributed by atoms with van der Waals surface area (Å²) in [5.74, 6) is -5.22. The van der Waals surface area contributed by atoms with Crippen LogP contribution in [-0.2, 0) is 18.4 Å². The van der Waals surface area contributed by atoms with E-state index in [1.165, 1.54) is 23.7 Å². The number of amides is 2. The Morgan fingerprint density at radius 3 is 2.33 bits per heavy atom. The number of fused-ring (bicyclic) bond motifs is 1. The molecule has 3 aromatic rings. The molecule has 18 heteroatoms. The van der Waals surface area contributed by atoms with Crippen LogP contribution in [0.15, 0.2) is 24.3 Å². The van der Waals surface area contributed by atoms with E-state index >= 15 is 0 Å². The van der Waals surface area contributed by atoms with Crippen LogP contribution in [-0.4, -0.2) is 53.3 Å². The third kappa shape index (κ3) is 8.06. The van der Waals surface area contributed by atoms with Crippen molar-refractivity contribution in [3.05, 3.63) is 45.4 Å². The highest BCUT2D eigenvalue weighted by Crippen LogP contribution is 2.37. The molecular formula is C24H21Cl2F8N5O3. The molecule has 0 aliphatic rings. The predicted octanol–water partition coefficient (Wildman–Crippen LogP) is 6.37. The normalized spacial score (nSPS) is 12.9. The Morgan fingerprint density at radius 1 is 1.07 bits per heavy atom. The van der Waals surface area contributed by atoms with E-state index in [1.54, 1.807) is 5.32 Å². The highest BCUT2D eigenvalue weighted by atomic mass is 35.5. The zero-order valence-corrected chi connectivity index (χ0v) is 23.0. The van der Waals surface area contributed by atoms with Gasteiger partial charge in [0.2, 0.25) is 11.9 Å². The third-order valence-electron chi connectivity index (χ3n) is 5.79. The van der Waals surface area contributed by atoms with Gasteiger partial charge in [-0.3, -0.25) is 9.59 Å². The maximum atomic E-state index is 12.8. The van der Waals surface area contributed by atoms with Crippen molar-refractivity contribution in [1.82, 2.24) is 20.2 Å². The first-order valence-corrected chi connectivity index (χ1v) is 12.5. The van der Waals surface area contributed by atoms with E-state index in [0.29, 0.717) is 6.92 Å². The fourth-order valence-electron chi connectivity index (χ4n) is 3.50. The minimum Gasteiger partial charge on any atom is -0.487 e. The molecule has 8 nitrogen and oxygen atoms in total. The lowest BCUT2D eigenvalue weighted by Crippen LogP contribution is -2.37. The number of nitrogens with zero attached hydrogens (tertiary/aromatic N) is 2. The van der Waals surface area contributed by atoms with E-state index in [0.717, 1.165) is 12.1 Å². The average molecular weight is 650 g/mol. The summed E-state index contributed by atoms with van der Waals surface area (Å²) >= 11 is 12.7. The molecule has 2 amide bonds. The summed E-state index contributed by atoms with van der Waals surface area (Å²) in [5, 5.41) is 6.56. The SMILES string of the molecule is CC(C(=O)NCc1ccc(Cl)c(Nc2nc3cc(C(=O)NCC(F)(F)F)c(OCC(F)F)cc3n2C)c1Cl)C(F)(F)F. The number of hydrogen-bond acceptors (Lipinski definition) is 5. The van der Waals surface area contributed by atoms with E-state index in [4.69, 9.17) is 27.9 Å². The van der Waals surface area contributed by atoms with Crippen molar-refractivity contribution in [3.8, 4) is 5.75 Å². The second kappa shape index (κ2) is 12.8. The number of rotatable bonds is 10. The topological polar surface area (TPSA) is 97.3 Å². The first-order chi connectivity index (χ1) is 19.4. The van der Waals surface area contributed by atoms with Crippen LogP contribution in [0.4, 0.5) is 46.8 Å². The fraction of sp³-hybridized carbons (Fsp3) is 0.375. The van der Waals surface area contributed by atoms with Gasteiger partial charge < -0.3 is 25.3 Å². The van der Waals surface area contributed by atoms with Crippen molar-refractivity contribution in [2.24, 2.45) is 13.0 Å². The van der Waals surface area contributed by atoms with Crippen LogP contribution in [0, 0.1) is 5.92 Å². The van der Waals surface area contributed by atoms with Crippen molar-refractivity contribution in [1.29, 1.82) is 0 Å². The Balaban J connectivity index is 1.95. The monoisotopic (exact) mass is 649 g/mol. The lowest BCUT2D eigenvalue weighted by molar-refractivity contribution is -0.179. The van der Waals surface area contributed by atoms with Gasteiger partial charge >= 0.3 is 12.4 Å². The predicted molar refractivity (Wildman–Crippen MR) is 137 cm³/mol. The summed E-state index contributed by atoms with van der Waals surface area (Å²) in [6.45, 7) is -2.51. The molecule has 0 aliphatic heterocycles. The Morgan fingerprint density at radius 2 is 1.74 bits per heavy atom. The number of carbonyl (C=O) groups excluding carboxylic acids is 2. The maximum Gasteiger partial charge on any atom is 0.405 e. The molecule has 0 saturated carbocycles. The minimum absolute atomic E-state index is 0.00772. The van der Waals surface area contributed by atoms with E-state index in [2.05, 4.69) is 15.6 Å². The smallest absolute Gasteiger partial charge is 0.405 e. The number of aryl methyl sites for hydroxylation is 1. The number of ether oxygens (including phenoxy) is 1. The van der Waals surface area contributed by atoms with Crippen molar-refractivity contribution in [3.63, 3.8) is 0 Å². The van der Waals surface area contributed by atoms with Gasteiger partial charge in [0.25, 0.3) is 12.3 Å². The molecule has 1 aromatic heterocycles. The molecule has 0 bridgehead atoms. The molecule has 0 spiro atoms. The third-order valence-corrected chi connectivity index (χ3v) is 6.53. The van der Waals surface area contributed by atoms with Crippen LogP contribution in [0.2, 0.25) is 10.0 Å². The van der Waals surface area contributed by atoms with E-state index in [9.17, 15) is 44.7 Å². The van der Waals surface area contributed by atoms with E-state index in [-0.39, 0.29) is 44.8 Å². The molecule has 230 valence electrons. The Kier molecular flexibility index (Phi) is 10.0. The zero-order chi connectivity index (χ0) is 31.6. The number of hydrogen-bond donors (Lipinski definition) is 3. The first-order valence-electron chi connectivity index (χ1n) is 11.7. The van der Waals surface area contributed by atoms with Crippen LogP contribution < -0.4 is 20.7 Å². The van der Waals surface area contributed by atoms with Crippen LogP contribution in [0.3, 0.4) is 0 Å². The number of nitrogens with one attached hydrogen (secondary N) is 3. The lowest BCUT2D eigenvalue weighted by atomic mass is 10.1. The van der Waals surface area contributed by atoms with E-state index < -0.39 is 61.0 Å². The Labute approximate surface area is 242 Å². The van der Waals surface area contributed by atoms with Crippen molar-refractivity contribution in [2.75, 3.05) is 18.5 Å². The summed E-state index contributed by atoms with van der Waals surface area (Å²) in [6, 6.07) is 4.91. The second-order valence-corrected chi connectivity index (χ2v) is 9.62. The van der Waals surface area contributed by atoms with E-state index in [1.807, 2.05) is 0 Å². The van der Waals surface area contributed by atoms with Gasteiger partial charge in [0, 0.05) is 19.7 Å². The fourth-order valence-corrected chi connectivity index (χ4v) is 4.03. The van der Waals surface area contributed by atoms with Crippen LogP contribution in [0.1, 0.15) is 22.8 Å². The lowest BCUT2D eigenvalue weighted by Gasteiger charge is -2.17. The second-order valence-electron chi connectivity index (χ2n) is 8.83. The van der Waals surface area contributed by atoms with Gasteiger partial charge in [-0.05, 0) is 24.6 Å². The molecule has 1 atom stereocenters. The van der Waals surface area contributed by atoms with Crippen LogP contribution >= 0.6 is 23.2 Å². The van der Waals surface area contributed by atoms with Gasteiger partial charge in [-0.1, -0.05) is 29.3 Å². The average Bonchev–Trinajstić information content (AvgIpc) is 3.19. The van der Waals surface area contributed by atoms with Crippen LogP contribution in [0.5, 0.6) is 5.75 Å². The summed E-state index contributed by atoms with van der Waals surface area (Å²) in [6.07, 6.45) is -12.4. The Hall–Kier alpha value is -3.53. The number of imidazole rings is 1. The van der Waals surface area contributed by atoms with Crippen molar-refractivity contribution < 1.29 is 49.4 Å². The van der Waals surface area contributed by atoms with Gasteiger partial charge in [0.05, 0.1) is 32.3 Å². The summed E-state index contributed by atoms with van der Waals surface area (Å²) in [5.41, 5.74) is -0.0238. The maximum absolute atomic E-state index is 12.8. The number of anilines is 2. The van der Waals surface area contributed by atoms with Gasteiger partial charge in [0.15, 0.2) is 0 Å². The molecule has 0 radical (unpaired) electrons.